The Bertz CT molecular complexity index is 767. The van der Waals surface area contributed by atoms with Crippen molar-refractivity contribution in [1.82, 2.24) is 14.9 Å². The molecule has 1 aliphatic heterocycles. The lowest BCUT2D eigenvalue weighted by Gasteiger charge is -2.32. The Kier molecular flexibility index (Phi) is 4.80. The first-order valence-corrected chi connectivity index (χ1v) is 8.04. The van der Waals surface area contributed by atoms with Gasteiger partial charge in [-0.05, 0) is 32.4 Å². The standard InChI is InChI=1S/C17H21N3O4/c1-11-13(17(22)19-12(2)18-11)5-6-16(21)20-7-9-24-15(10-20)14-4-3-8-23-14/h3-4,8,15H,5-7,9-10H2,1-2H3,(H,18,19,22)/t15-/m0/s1. The maximum Gasteiger partial charge on any atom is 0.254 e. The van der Waals surface area contributed by atoms with Crippen LogP contribution in [0.5, 0.6) is 0 Å². The third kappa shape index (κ3) is 3.56. The number of H-pyrrole nitrogens is 1. The highest BCUT2D eigenvalue weighted by molar-refractivity contribution is 5.76. The molecule has 0 aromatic carbocycles. The molecular formula is C17H21N3O4. The van der Waals surface area contributed by atoms with Crippen LogP contribution in [0, 0.1) is 13.8 Å². The van der Waals surface area contributed by atoms with Gasteiger partial charge in [0.25, 0.3) is 5.56 Å². The minimum Gasteiger partial charge on any atom is -0.467 e. The van der Waals surface area contributed by atoms with Gasteiger partial charge < -0.3 is 19.0 Å². The molecule has 7 nitrogen and oxygen atoms in total. The van der Waals surface area contributed by atoms with E-state index in [2.05, 4.69) is 9.97 Å². The van der Waals surface area contributed by atoms with Crippen molar-refractivity contribution >= 4 is 5.91 Å². The number of furan rings is 1. The van der Waals surface area contributed by atoms with E-state index in [0.29, 0.717) is 43.2 Å². The van der Waals surface area contributed by atoms with Gasteiger partial charge in [-0.15, -0.1) is 0 Å². The summed E-state index contributed by atoms with van der Waals surface area (Å²) >= 11 is 0. The molecule has 0 bridgehead atoms. The van der Waals surface area contributed by atoms with Gasteiger partial charge >= 0.3 is 0 Å². The molecule has 0 saturated carbocycles. The fourth-order valence-corrected chi connectivity index (χ4v) is 2.96. The number of carbonyl (C=O) groups excluding carboxylic acids is 1. The third-order valence-corrected chi connectivity index (χ3v) is 4.21. The Hall–Kier alpha value is -2.41. The molecule has 128 valence electrons. The molecule has 3 heterocycles. The summed E-state index contributed by atoms with van der Waals surface area (Å²) in [6.07, 6.45) is 2.03. The Morgan fingerprint density at radius 3 is 3.00 bits per heavy atom. The number of nitrogens with one attached hydrogen (secondary N) is 1. The second-order valence-electron chi connectivity index (χ2n) is 5.93. The number of hydrogen-bond donors (Lipinski definition) is 1. The van der Waals surface area contributed by atoms with Crippen molar-refractivity contribution in [2.75, 3.05) is 19.7 Å². The van der Waals surface area contributed by atoms with Gasteiger partial charge in [0.05, 0.1) is 19.4 Å². The van der Waals surface area contributed by atoms with E-state index in [-0.39, 0.29) is 24.0 Å². The number of aromatic nitrogens is 2. The van der Waals surface area contributed by atoms with Gasteiger partial charge in [0, 0.05) is 24.2 Å². The highest BCUT2D eigenvalue weighted by Gasteiger charge is 2.27. The van der Waals surface area contributed by atoms with Gasteiger partial charge in [-0.3, -0.25) is 9.59 Å². The Labute approximate surface area is 139 Å². The lowest BCUT2D eigenvalue weighted by atomic mass is 10.1. The molecule has 1 N–H and O–H groups in total. The number of aryl methyl sites for hydroxylation is 2. The summed E-state index contributed by atoms with van der Waals surface area (Å²) < 4.78 is 11.0. The van der Waals surface area contributed by atoms with Crippen molar-refractivity contribution in [2.45, 2.75) is 32.8 Å². The minimum atomic E-state index is -0.233. The maximum atomic E-state index is 12.5. The van der Waals surface area contributed by atoms with Gasteiger partial charge in [0.2, 0.25) is 5.91 Å². The Balaban J connectivity index is 1.62. The van der Waals surface area contributed by atoms with Crippen LogP contribution in [0.2, 0.25) is 0 Å². The van der Waals surface area contributed by atoms with E-state index in [4.69, 9.17) is 9.15 Å². The number of hydrogen-bond acceptors (Lipinski definition) is 5. The summed E-state index contributed by atoms with van der Waals surface area (Å²) in [5.74, 6) is 1.32. The van der Waals surface area contributed by atoms with Gasteiger partial charge in [-0.2, -0.15) is 0 Å². The van der Waals surface area contributed by atoms with Crippen molar-refractivity contribution in [1.29, 1.82) is 0 Å². The molecule has 0 spiro atoms. The second kappa shape index (κ2) is 7.00. The highest BCUT2D eigenvalue weighted by Crippen LogP contribution is 2.23. The minimum absolute atomic E-state index is 0.00855. The first-order valence-electron chi connectivity index (χ1n) is 8.04. The molecule has 1 atom stereocenters. The van der Waals surface area contributed by atoms with Gasteiger partial charge in [-0.1, -0.05) is 0 Å². The van der Waals surface area contributed by atoms with Crippen LogP contribution in [-0.4, -0.2) is 40.5 Å². The number of amides is 1. The molecule has 0 unspecified atom stereocenters. The summed E-state index contributed by atoms with van der Waals surface area (Å²) in [5.41, 5.74) is 1.09. The van der Waals surface area contributed by atoms with E-state index in [1.54, 1.807) is 31.1 Å². The summed E-state index contributed by atoms with van der Waals surface area (Å²) in [6, 6.07) is 3.65. The number of carbonyl (C=O) groups is 1. The lowest BCUT2D eigenvalue weighted by Crippen LogP contribution is -2.42. The molecule has 2 aromatic rings. The van der Waals surface area contributed by atoms with Crippen LogP contribution >= 0.6 is 0 Å². The molecule has 1 fully saturated rings. The SMILES string of the molecule is Cc1nc(C)c(CCC(=O)N2CCO[C@H](c3ccco3)C2)c(=O)[nH]1. The van der Waals surface area contributed by atoms with E-state index >= 15 is 0 Å². The topological polar surface area (TPSA) is 88.4 Å². The first-order chi connectivity index (χ1) is 11.5. The Morgan fingerprint density at radius 2 is 2.29 bits per heavy atom. The fourth-order valence-electron chi connectivity index (χ4n) is 2.96. The summed E-state index contributed by atoms with van der Waals surface area (Å²) in [7, 11) is 0. The molecule has 1 saturated heterocycles. The molecule has 7 heteroatoms. The average molecular weight is 331 g/mol. The van der Waals surface area contributed by atoms with Crippen LogP contribution in [0.4, 0.5) is 0 Å². The zero-order valence-corrected chi connectivity index (χ0v) is 13.9. The largest absolute Gasteiger partial charge is 0.467 e. The van der Waals surface area contributed by atoms with Crippen LogP contribution in [-0.2, 0) is 16.0 Å². The monoisotopic (exact) mass is 331 g/mol. The van der Waals surface area contributed by atoms with E-state index in [1.165, 1.54) is 0 Å². The second-order valence-corrected chi connectivity index (χ2v) is 5.93. The number of aromatic amines is 1. The molecule has 24 heavy (non-hydrogen) atoms. The fraction of sp³-hybridized carbons (Fsp3) is 0.471. The first kappa shape index (κ1) is 16.4. The van der Waals surface area contributed by atoms with Crippen LogP contribution < -0.4 is 5.56 Å². The summed E-state index contributed by atoms with van der Waals surface area (Å²) in [5, 5.41) is 0. The molecule has 0 radical (unpaired) electrons. The zero-order valence-electron chi connectivity index (χ0n) is 13.9. The highest BCUT2D eigenvalue weighted by atomic mass is 16.5. The zero-order chi connectivity index (χ0) is 17.1. The van der Waals surface area contributed by atoms with Crippen LogP contribution in [0.25, 0.3) is 0 Å². The van der Waals surface area contributed by atoms with Crippen molar-refractivity contribution in [3.05, 3.63) is 51.6 Å². The number of rotatable bonds is 4. The number of nitrogens with zero attached hydrogens (tertiary/aromatic N) is 2. The van der Waals surface area contributed by atoms with E-state index in [9.17, 15) is 9.59 Å². The summed E-state index contributed by atoms with van der Waals surface area (Å²) in [6.45, 7) is 5.03. The van der Waals surface area contributed by atoms with Gasteiger partial charge in [0.15, 0.2) is 0 Å². The molecule has 0 aliphatic carbocycles. The van der Waals surface area contributed by atoms with Crippen molar-refractivity contribution in [3.8, 4) is 0 Å². The quantitative estimate of drug-likeness (QED) is 0.917. The van der Waals surface area contributed by atoms with Gasteiger partial charge in [0.1, 0.15) is 17.7 Å². The molecule has 1 amide bonds. The Morgan fingerprint density at radius 1 is 1.46 bits per heavy atom. The summed E-state index contributed by atoms with van der Waals surface area (Å²) in [4.78, 5) is 33.2. The van der Waals surface area contributed by atoms with E-state index in [1.807, 2.05) is 6.07 Å². The normalized spacial score (nSPS) is 17.9. The van der Waals surface area contributed by atoms with Crippen LogP contribution in [0.1, 0.15) is 35.4 Å². The number of ether oxygens (including phenoxy) is 1. The molecule has 2 aromatic heterocycles. The predicted octanol–water partition coefficient (Wildman–Crippen LogP) is 1.51. The smallest absolute Gasteiger partial charge is 0.254 e. The van der Waals surface area contributed by atoms with Crippen molar-refractivity contribution in [3.63, 3.8) is 0 Å². The van der Waals surface area contributed by atoms with E-state index in [0.717, 1.165) is 5.76 Å². The number of morpholine rings is 1. The average Bonchev–Trinajstić information content (AvgIpc) is 3.08. The molecule has 1 aliphatic rings. The maximum absolute atomic E-state index is 12.5. The van der Waals surface area contributed by atoms with Crippen LogP contribution in [0.15, 0.2) is 27.6 Å². The van der Waals surface area contributed by atoms with Crippen LogP contribution in [0.3, 0.4) is 0 Å². The molecule has 3 rings (SSSR count). The van der Waals surface area contributed by atoms with Crippen molar-refractivity contribution in [2.24, 2.45) is 0 Å². The predicted molar refractivity (Wildman–Crippen MR) is 86.6 cm³/mol. The third-order valence-electron chi connectivity index (χ3n) is 4.21. The van der Waals surface area contributed by atoms with E-state index < -0.39 is 0 Å². The molecular weight excluding hydrogens is 310 g/mol. The lowest BCUT2D eigenvalue weighted by molar-refractivity contribution is -0.139. The van der Waals surface area contributed by atoms with Gasteiger partial charge in [-0.25, -0.2) is 4.98 Å². The van der Waals surface area contributed by atoms with Crippen molar-refractivity contribution < 1.29 is 13.9 Å².